The van der Waals surface area contributed by atoms with Crippen molar-refractivity contribution in [1.29, 1.82) is 0 Å². The molecular weight excluding hydrogens is 214 g/mol. The molecule has 3 heteroatoms. The SMILES string of the molecule is CC(C)OCC(O)CN1Cc2ccccc2C1. The van der Waals surface area contributed by atoms with Crippen LogP contribution in [0.5, 0.6) is 0 Å². The zero-order valence-corrected chi connectivity index (χ0v) is 10.6. The molecule has 0 radical (unpaired) electrons. The van der Waals surface area contributed by atoms with Crippen LogP contribution in [0.2, 0.25) is 0 Å². The lowest BCUT2D eigenvalue weighted by Crippen LogP contribution is -2.32. The number of fused-ring (bicyclic) bond motifs is 1. The highest BCUT2D eigenvalue weighted by atomic mass is 16.5. The van der Waals surface area contributed by atoms with Crippen molar-refractivity contribution in [3.05, 3.63) is 35.4 Å². The Morgan fingerprint density at radius 3 is 2.35 bits per heavy atom. The first-order valence-electron chi connectivity index (χ1n) is 6.24. The van der Waals surface area contributed by atoms with Gasteiger partial charge >= 0.3 is 0 Å². The van der Waals surface area contributed by atoms with Gasteiger partial charge in [0.25, 0.3) is 0 Å². The Morgan fingerprint density at radius 2 is 1.82 bits per heavy atom. The van der Waals surface area contributed by atoms with Crippen molar-refractivity contribution in [2.75, 3.05) is 13.2 Å². The van der Waals surface area contributed by atoms with E-state index in [1.165, 1.54) is 11.1 Å². The fourth-order valence-corrected chi connectivity index (χ4v) is 2.19. The number of β-amino-alcohol motifs (C(OH)–C–C–N with tert-alkyl or cyclic N) is 1. The lowest BCUT2D eigenvalue weighted by atomic mass is 10.1. The molecule has 17 heavy (non-hydrogen) atoms. The quantitative estimate of drug-likeness (QED) is 0.844. The molecule has 1 aliphatic heterocycles. The Kier molecular flexibility index (Phi) is 4.15. The van der Waals surface area contributed by atoms with Crippen LogP contribution in [0.4, 0.5) is 0 Å². The monoisotopic (exact) mass is 235 g/mol. The smallest absolute Gasteiger partial charge is 0.0900 e. The van der Waals surface area contributed by atoms with Crippen LogP contribution in [0.3, 0.4) is 0 Å². The number of ether oxygens (including phenoxy) is 1. The fraction of sp³-hybridized carbons (Fsp3) is 0.571. The molecule has 0 amide bonds. The van der Waals surface area contributed by atoms with Crippen LogP contribution in [-0.4, -0.2) is 35.4 Å². The van der Waals surface area contributed by atoms with E-state index in [1.54, 1.807) is 0 Å². The Balaban J connectivity index is 1.79. The van der Waals surface area contributed by atoms with Gasteiger partial charge in [-0.1, -0.05) is 24.3 Å². The summed E-state index contributed by atoms with van der Waals surface area (Å²) in [7, 11) is 0. The van der Waals surface area contributed by atoms with E-state index in [0.29, 0.717) is 13.2 Å². The maximum atomic E-state index is 9.87. The summed E-state index contributed by atoms with van der Waals surface area (Å²) >= 11 is 0. The second-order valence-corrected chi connectivity index (χ2v) is 4.97. The molecule has 1 unspecified atom stereocenters. The van der Waals surface area contributed by atoms with E-state index in [9.17, 15) is 5.11 Å². The molecular formula is C14H21NO2. The Labute approximate surface area is 103 Å². The van der Waals surface area contributed by atoms with Crippen LogP contribution in [0.15, 0.2) is 24.3 Å². The zero-order valence-electron chi connectivity index (χ0n) is 10.6. The molecule has 1 aromatic rings. The highest BCUT2D eigenvalue weighted by Gasteiger charge is 2.20. The molecule has 1 heterocycles. The lowest BCUT2D eigenvalue weighted by Gasteiger charge is -2.20. The summed E-state index contributed by atoms with van der Waals surface area (Å²) in [5, 5.41) is 9.87. The van der Waals surface area contributed by atoms with Gasteiger partial charge in [-0.25, -0.2) is 0 Å². The summed E-state index contributed by atoms with van der Waals surface area (Å²) in [6, 6.07) is 8.46. The Morgan fingerprint density at radius 1 is 1.24 bits per heavy atom. The van der Waals surface area contributed by atoms with Gasteiger partial charge in [0, 0.05) is 19.6 Å². The first-order chi connectivity index (χ1) is 8.15. The summed E-state index contributed by atoms with van der Waals surface area (Å²) in [5.41, 5.74) is 2.76. The van der Waals surface area contributed by atoms with Crippen LogP contribution in [0.1, 0.15) is 25.0 Å². The second kappa shape index (κ2) is 5.63. The molecule has 0 bridgehead atoms. The molecule has 3 nitrogen and oxygen atoms in total. The van der Waals surface area contributed by atoms with Gasteiger partial charge in [-0.2, -0.15) is 0 Å². The molecule has 2 rings (SSSR count). The van der Waals surface area contributed by atoms with Crippen LogP contribution in [0, 0.1) is 0 Å². The summed E-state index contributed by atoms with van der Waals surface area (Å²) in [5.74, 6) is 0. The number of aliphatic hydroxyl groups excluding tert-OH is 1. The van der Waals surface area contributed by atoms with Gasteiger partial charge in [0.15, 0.2) is 0 Å². The predicted octanol–water partition coefficient (Wildman–Crippen LogP) is 1.79. The number of nitrogens with zero attached hydrogens (tertiary/aromatic N) is 1. The standard InChI is InChI=1S/C14H21NO2/c1-11(2)17-10-14(16)9-15-7-12-5-3-4-6-13(12)8-15/h3-6,11,14,16H,7-10H2,1-2H3. The summed E-state index contributed by atoms with van der Waals surface area (Å²) in [4.78, 5) is 2.26. The predicted molar refractivity (Wildman–Crippen MR) is 67.7 cm³/mol. The van der Waals surface area contributed by atoms with Crippen molar-refractivity contribution < 1.29 is 9.84 Å². The molecule has 94 valence electrons. The van der Waals surface area contributed by atoms with Gasteiger partial charge in [-0.15, -0.1) is 0 Å². The lowest BCUT2D eigenvalue weighted by molar-refractivity contribution is -0.00904. The van der Waals surface area contributed by atoms with E-state index < -0.39 is 6.10 Å². The van der Waals surface area contributed by atoms with Gasteiger partial charge in [-0.3, -0.25) is 4.90 Å². The molecule has 0 saturated carbocycles. The number of benzene rings is 1. The number of aliphatic hydroxyl groups is 1. The first-order valence-corrected chi connectivity index (χ1v) is 6.24. The summed E-state index contributed by atoms with van der Waals surface area (Å²) in [6.07, 6.45) is -0.216. The van der Waals surface area contributed by atoms with Crippen molar-refractivity contribution in [1.82, 2.24) is 4.90 Å². The van der Waals surface area contributed by atoms with E-state index >= 15 is 0 Å². The average molecular weight is 235 g/mol. The molecule has 0 saturated heterocycles. The minimum Gasteiger partial charge on any atom is -0.389 e. The molecule has 1 aliphatic rings. The number of hydrogen-bond donors (Lipinski definition) is 1. The van der Waals surface area contributed by atoms with Crippen LogP contribution in [0.25, 0.3) is 0 Å². The summed E-state index contributed by atoms with van der Waals surface area (Å²) in [6.45, 7) is 6.95. The molecule has 1 aromatic carbocycles. The maximum absolute atomic E-state index is 9.87. The maximum Gasteiger partial charge on any atom is 0.0900 e. The minimum absolute atomic E-state index is 0.181. The third kappa shape index (κ3) is 3.53. The van der Waals surface area contributed by atoms with Crippen LogP contribution >= 0.6 is 0 Å². The Bertz CT molecular complexity index is 340. The van der Waals surface area contributed by atoms with Crippen LogP contribution in [-0.2, 0) is 17.8 Å². The topological polar surface area (TPSA) is 32.7 Å². The van der Waals surface area contributed by atoms with E-state index in [1.807, 2.05) is 13.8 Å². The fourth-order valence-electron chi connectivity index (χ4n) is 2.19. The normalized spacial score (nSPS) is 17.4. The molecule has 0 fully saturated rings. The summed E-state index contributed by atoms with van der Waals surface area (Å²) < 4.78 is 5.41. The van der Waals surface area contributed by atoms with Gasteiger partial charge in [0.05, 0.1) is 18.8 Å². The van der Waals surface area contributed by atoms with Crippen molar-refractivity contribution in [2.45, 2.75) is 39.1 Å². The zero-order chi connectivity index (χ0) is 12.3. The van der Waals surface area contributed by atoms with E-state index in [2.05, 4.69) is 29.2 Å². The van der Waals surface area contributed by atoms with Gasteiger partial charge in [0.1, 0.15) is 0 Å². The molecule has 0 aromatic heterocycles. The minimum atomic E-state index is -0.397. The van der Waals surface area contributed by atoms with Crippen molar-refractivity contribution in [3.8, 4) is 0 Å². The second-order valence-electron chi connectivity index (χ2n) is 4.97. The van der Waals surface area contributed by atoms with Gasteiger partial charge < -0.3 is 9.84 Å². The van der Waals surface area contributed by atoms with Crippen molar-refractivity contribution in [3.63, 3.8) is 0 Å². The third-order valence-corrected chi connectivity index (χ3v) is 3.00. The Hall–Kier alpha value is -0.900. The van der Waals surface area contributed by atoms with E-state index in [0.717, 1.165) is 13.1 Å². The van der Waals surface area contributed by atoms with Gasteiger partial charge in [-0.05, 0) is 25.0 Å². The van der Waals surface area contributed by atoms with E-state index in [-0.39, 0.29) is 6.10 Å². The molecule has 1 atom stereocenters. The highest BCUT2D eigenvalue weighted by Crippen LogP contribution is 2.22. The van der Waals surface area contributed by atoms with Crippen molar-refractivity contribution in [2.24, 2.45) is 0 Å². The first kappa shape index (κ1) is 12.6. The largest absolute Gasteiger partial charge is 0.389 e. The number of rotatable bonds is 5. The molecule has 0 spiro atoms. The van der Waals surface area contributed by atoms with Gasteiger partial charge in [0.2, 0.25) is 0 Å². The third-order valence-electron chi connectivity index (χ3n) is 3.00. The van der Waals surface area contributed by atoms with Crippen LogP contribution < -0.4 is 0 Å². The molecule has 1 N–H and O–H groups in total. The van der Waals surface area contributed by atoms with E-state index in [4.69, 9.17) is 4.74 Å². The molecule has 0 aliphatic carbocycles. The highest BCUT2D eigenvalue weighted by molar-refractivity contribution is 5.30. The average Bonchev–Trinajstić information content (AvgIpc) is 2.68. The van der Waals surface area contributed by atoms with Crippen molar-refractivity contribution >= 4 is 0 Å². The number of hydrogen-bond acceptors (Lipinski definition) is 3.